The maximum absolute atomic E-state index is 13.9. The van der Waals surface area contributed by atoms with Gasteiger partial charge in [-0.05, 0) is 5.56 Å². The Kier molecular flexibility index (Phi) is 6.64. The molecule has 0 spiro atoms. The first-order valence-corrected chi connectivity index (χ1v) is 11.9. The van der Waals surface area contributed by atoms with Crippen molar-refractivity contribution in [1.82, 2.24) is 9.55 Å². The lowest BCUT2D eigenvalue weighted by Gasteiger charge is -2.36. The highest BCUT2D eigenvalue weighted by Gasteiger charge is 2.44. The van der Waals surface area contributed by atoms with E-state index in [0.717, 1.165) is 22.3 Å². The Hall–Kier alpha value is -4.28. The molecule has 1 aromatic heterocycles. The Morgan fingerprint density at radius 3 is 1.60 bits per heavy atom. The molecular weight excluding hydrogens is 430 g/mol. The zero-order valence-corrected chi connectivity index (χ0v) is 19.4. The van der Waals surface area contributed by atoms with Gasteiger partial charge in [-0.3, -0.25) is 9.36 Å². The molecule has 0 amide bonds. The summed E-state index contributed by atoms with van der Waals surface area (Å²) in [7, 11) is 0. The van der Waals surface area contributed by atoms with Crippen molar-refractivity contribution >= 4 is 5.91 Å². The van der Waals surface area contributed by atoms with Gasteiger partial charge in [0, 0.05) is 35.5 Å². The van der Waals surface area contributed by atoms with Crippen LogP contribution in [0.15, 0.2) is 140 Å². The standard InChI is InChI=1S/C31H27N3O/c35-30(34-22-21-32-24-34)29(23-25-13-5-1-6-14-25)33-31(26-15-7-2-8-16-26,27-17-9-3-10-18-27)28-19-11-4-12-20-28/h1-22,24,29,33H,23H2/p+1/t29-/m0/s1. The van der Waals surface area contributed by atoms with E-state index in [4.69, 9.17) is 0 Å². The van der Waals surface area contributed by atoms with Crippen molar-refractivity contribution in [2.24, 2.45) is 0 Å². The first-order valence-electron chi connectivity index (χ1n) is 11.9. The first-order chi connectivity index (χ1) is 17.3. The minimum absolute atomic E-state index is 0.00137. The van der Waals surface area contributed by atoms with Gasteiger partial charge in [0.25, 0.3) is 5.91 Å². The van der Waals surface area contributed by atoms with Crippen LogP contribution in [-0.4, -0.2) is 21.5 Å². The van der Waals surface area contributed by atoms with Gasteiger partial charge < -0.3 is 5.32 Å². The number of aromatic nitrogens is 2. The predicted octanol–water partition coefficient (Wildman–Crippen LogP) is 4.69. The summed E-state index contributed by atoms with van der Waals surface area (Å²) in [6.07, 6.45) is 5.55. The molecule has 4 nitrogen and oxygen atoms in total. The summed E-state index contributed by atoms with van der Waals surface area (Å²) in [6.45, 7) is 0. The fourth-order valence-corrected chi connectivity index (χ4v) is 4.86. The van der Waals surface area contributed by atoms with Crippen LogP contribution in [0.5, 0.6) is 0 Å². The van der Waals surface area contributed by atoms with Crippen LogP contribution in [0.25, 0.3) is 0 Å². The van der Waals surface area contributed by atoms with Crippen molar-refractivity contribution in [1.29, 1.82) is 0 Å². The van der Waals surface area contributed by atoms with Gasteiger partial charge in [-0.25, -0.2) is 4.98 Å². The topological polar surface area (TPSA) is 51.5 Å². The van der Waals surface area contributed by atoms with Crippen molar-refractivity contribution < 1.29 is 10.1 Å². The van der Waals surface area contributed by atoms with Crippen molar-refractivity contribution in [2.45, 2.75) is 18.0 Å². The van der Waals surface area contributed by atoms with Crippen molar-refractivity contribution in [3.05, 3.63) is 162 Å². The van der Waals surface area contributed by atoms with Crippen LogP contribution in [0.3, 0.4) is 0 Å². The van der Waals surface area contributed by atoms with Gasteiger partial charge in [0.2, 0.25) is 0 Å². The molecule has 1 atom stereocenters. The zero-order chi connectivity index (χ0) is 23.9. The Morgan fingerprint density at radius 1 is 0.714 bits per heavy atom. The molecule has 0 aliphatic rings. The molecule has 0 fully saturated rings. The molecule has 5 rings (SSSR count). The summed E-state index contributed by atoms with van der Waals surface area (Å²) in [5.41, 5.74) is 3.85. The monoisotopic (exact) mass is 458 g/mol. The molecule has 0 radical (unpaired) electrons. The molecule has 2 N–H and O–H groups in total. The van der Waals surface area contributed by atoms with Crippen LogP contribution in [0.1, 0.15) is 27.0 Å². The Bertz CT molecular complexity index is 1240. The van der Waals surface area contributed by atoms with Crippen LogP contribution < -0.4 is 5.32 Å². The van der Waals surface area contributed by atoms with E-state index in [-0.39, 0.29) is 5.91 Å². The van der Waals surface area contributed by atoms with Crippen LogP contribution in [-0.2, 0) is 12.0 Å². The van der Waals surface area contributed by atoms with Gasteiger partial charge in [0.15, 0.2) is 11.6 Å². The van der Waals surface area contributed by atoms with E-state index < -0.39 is 11.6 Å². The van der Waals surface area contributed by atoms with E-state index in [1.165, 1.54) is 0 Å². The number of nitrogens with zero attached hydrogens (tertiary/aromatic N) is 2. The fraction of sp³-hybridized carbons (Fsp3) is 0.0968. The van der Waals surface area contributed by atoms with Gasteiger partial charge in [-0.1, -0.05) is 121 Å². The van der Waals surface area contributed by atoms with E-state index in [1.807, 2.05) is 36.4 Å². The molecule has 0 saturated heterocycles. The number of nitrogens with two attached hydrogens (primary N) is 1. The maximum atomic E-state index is 13.9. The molecule has 172 valence electrons. The second-order valence-electron chi connectivity index (χ2n) is 8.68. The highest BCUT2D eigenvalue weighted by atomic mass is 16.2. The molecular formula is C31H28N3O+. The Balaban J connectivity index is 1.70. The van der Waals surface area contributed by atoms with Crippen molar-refractivity contribution in [2.75, 3.05) is 0 Å². The molecule has 1 heterocycles. The summed E-state index contributed by atoms with van der Waals surface area (Å²) >= 11 is 0. The third-order valence-electron chi connectivity index (χ3n) is 6.51. The summed E-state index contributed by atoms with van der Waals surface area (Å²) in [4.78, 5) is 18.0. The second kappa shape index (κ2) is 10.3. The molecule has 5 aromatic rings. The summed E-state index contributed by atoms with van der Waals surface area (Å²) in [6, 6.07) is 41.2. The molecule has 0 aliphatic carbocycles. The number of imidazole rings is 1. The lowest BCUT2D eigenvalue weighted by molar-refractivity contribution is -0.735. The third kappa shape index (κ3) is 4.70. The summed E-state index contributed by atoms with van der Waals surface area (Å²) in [5.74, 6) is -0.00137. The molecule has 4 heteroatoms. The quantitative estimate of drug-likeness (QED) is 0.343. The lowest BCUT2D eigenvalue weighted by Crippen LogP contribution is -3.01. The zero-order valence-electron chi connectivity index (χ0n) is 19.4. The normalized spacial score (nSPS) is 12.2. The highest BCUT2D eigenvalue weighted by molar-refractivity contribution is 5.83. The first kappa shape index (κ1) is 22.5. The average Bonchev–Trinajstić information content (AvgIpc) is 3.48. The van der Waals surface area contributed by atoms with Crippen molar-refractivity contribution in [3.8, 4) is 0 Å². The van der Waals surface area contributed by atoms with Gasteiger partial charge >= 0.3 is 0 Å². The Morgan fingerprint density at radius 2 is 1.17 bits per heavy atom. The van der Waals surface area contributed by atoms with Crippen LogP contribution in [0.2, 0.25) is 0 Å². The smallest absolute Gasteiger partial charge is 0.290 e. The lowest BCUT2D eigenvalue weighted by atomic mass is 9.76. The van der Waals surface area contributed by atoms with E-state index in [0.29, 0.717) is 6.42 Å². The minimum Gasteiger partial charge on any atom is -0.319 e. The summed E-state index contributed by atoms with van der Waals surface area (Å²) in [5, 5.41) is 2.24. The van der Waals surface area contributed by atoms with E-state index in [9.17, 15) is 4.79 Å². The van der Waals surface area contributed by atoms with Gasteiger partial charge in [-0.2, -0.15) is 0 Å². The highest BCUT2D eigenvalue weighted by Crippen LogP contribution is 2.33. The number of quaternary nitrogens is 1. The van der Waals surface area contributed by atoms with Crippen LogP contribution in [0, 0.1) is 0 Å². The minimum atomic E-state index is -0.626. The van der Waals surface area contributed by atoms with Gasteiger partial charge in [0.05, 0.1) is 0 Å². The predicted molar refractivity (Wildman–Crippen MR) is 138 cm³/mol. The second-order valence-corrected chi connectivity index (χ2v) is 8.68. The average molecular weight is 459 g/mol. The molecule has 0 bridgehead atoms. The van der Waals surface area contributed by atoms with Crippen LogP contribution >= 0.6 is 0 Å². The SMILES string of the molecule is O=C([C@H](Cc1ccccc1)[NH2+]C(c1ccccc1)(c1ccccc1)c1ccccc1)n1ccnc1. The number of carbonyl (C=O) groups is 1. The fourth-order valence-electron chi connectivity index (χ4n) is 4.86. The molecule has 0 saturated carbocycles. The van der Waals surface area contributed by atoms with Crippen molar-refractivity contribution in [3.63, 3.8) is 0 Å². The summed E-state index contributed by atoms with van der Waals surface area (Å²) < 4.78 is 1.59. The maximum Gasteiger partial charge on any atom is 0.290 e. The van der Waals surface area contributed by atoms with Gasteiger partial charge in [0.1, 0.15) is 6.33 Å². The molecule has 0 aliphatic heterocycles. The number of rotatable bonds is 8. The number of carbonyl (C=O) groups excluding carboxylic acids is 1. The van der Waals surface area contributed by atoms with E-state index in [2.05, 4.69) is 95.2 Å². The van der Waals surface area contributed by atoms with E-state index >= 15 is 0 Å². The molecule has 0 unspecified atom stereocenters. The molecule has 4 aromatic carbocycles. The van der Waals surface area contributed by atoms with Gasteiger partial charge in [-0.15, -0.1) is 0 Å². The number of benzene rings is 4. The Labute approximate surface area is 205 Å². The third-order valence-corrected chi connectivity index (χ3v) is 6.51. The van der Waals surface area contributed by atoms with Crippen LogP contribution in [0.4, 0.5) is 0 Å². The molecule has 35 heavy (non-hydrogen) atoms. The number of hydrogen-bond donors (Lipinski definition) is 1. The van der Waals surface area contributed by atoms with E-state index in [1.54, 1.807) is 23.3 Å². The number of hydrogen-bond acceptors (Lipinski definition) is 2. The largest absolute Gasteiger partial charge is 0.319 e.